The first-order chi connectivity index (χ1) is 10.9. The first kappa shape index (κ1) is 17.6. The van der Waals surface area contributed by atoms with Gasteiger partial charge in [-0.2, -0.15) is 0 Å². The van der Waals surface area contributed by atoms with Crippen molar-refractivity contribution in [2.24, 2.45) is 0 Å². The van der Waals surface area contributed by atoms with Crippen LogP contribution in [-0.2, 0) is 29.5 Å². The highest BCUT2D eigenvalue weighted by Crippen LogP contribution is 2.39. The van der Waals surface area contributed by atoms with Crippen molar-refractivity contribution in [3.05, 3.63) is 28.2 Å². The number of esters is 1. The van der Waals surface area contributed by atoms with E-state index in [1.54, 1.807) is 11.6 Å². The number of nitrogens with one attached hydrogen (secondary N) is 1. The third kappa shape index (κ3) is 3.78. The third-order valence-corrected chi connectivity index (χ3v) is 4.57. The summed E-state index contributed by atoms with van der Waals surface area (Å²) >= 11 is 4.47. The standard InChI is InChI=1S/C14H15BrN2O5S/c1-8(18)21-10-11(20)14(2,13-16-6-7-23-13)22-12(10)17-9(19)4-3-5-15/h6-7H,3-5H2,1-2H3,(H,17,19). The Balaban J connectivity index is 2.27. The molecule has 0 saturated heterocycles. The highest BCUT2D eigenvalue weighted by Gasteiger charge is 2.51. The molecule has 2 rings (SSSR count). The van der Waals surface area contributed by atoms with Crippen molar-refractivity contribution < 1.29 is 23.9 Å². The van der Waals surface area contributed by atoms with Gasteiger partial charge in [-0.3, -0.25) is 19.7 Å². The SMILES string of the molecule is CC(=O)OC1=C(NC(=O)CCCBr)OC(C)(c2nccs2)C1=O. The number of amides is 1. The molecule has 23 heavy (non-hydrogen) atoms. The Morgan fingerprint density at radius 2 is 2.26 bits per heavy atom. The molecule has 1 unspecified atom stereocenters. The molecule has 0 saturated carbocycles. The van der Waals surface area contributed by atoms with E-state index in [9.17, 15) is 14.4 Å². The Labute approximate surface area is 145 Å². The molecule has 2 heterocycles. The van der Waals surface area contributed by atoms with Crippen LogP contribution in [0.4, 0.5) is 0 Å². The van der Waals surface area contributed by atoms with E-state index in [-0.39, 0.29) is 24.0 Å². The maximum atomic E-state index is 12.6. The third-order valence-electron chi connectivity index (χ3n) is 3.03. The Kier molecular flexibility index (Phi) is 5.53. The van der Waals surface area contributed by atoms with Crippen molar-refractivity contribution in [3.63, 3.8) is 0 Å². The zero-order valence-electron chi connectivity index (χ0n) is 12.6. The molecule has 1 atom stereocenters. The van der Waals surface area contributed by atoms with Crippen LogP contribution in [0.5, 0.6) is 0 Å². The van der Waals surface area contributed by atoms with Crippen LogP contribution in [0.25, 0.3) is 0 Å². The lowest BCUT2D eigenvalue weighted by molar-refractivity contribution is -0.142. The van der Waals surface area contributed by atoms with Crippen LogP contribution in [-0.4, -0.2) is 28.0 Å². The van der Waals surface area contributed by atoms with Gasteiger partial charge in [0.2, 0.25) is 23.2 Å². The Hall–Kier alpha value is -1.74. The summed E-state index contributed by atoms with van der Waals surface area (Å²) in [6.45, 7) is 2.69. The van der Waals surface area contributed by atoms with Crippen LogP contribution >= 0.6 is 27.3 Å². The summed E-state index contributed by atoms with van der Waals surface area (Å²) in [6, 6.07) is 0. The van der Waals surface area contributed by atoms with Crippen LogP contribution < -0.4 is 5.32 Å². The van der Waals surface area contributed by atoms with Gasteiger partial charge in [-0.15, -0.1) is 11.3 Å². The minimum atomic E-state index is -1.42. The normalized spacial score (nSPS) is 20.4. The lowest BCUT2D eigenvalue weighted by atomic mass is 10.0. The monoisotopic (exact) mass is 402 g/mol. The maximum Gasteiger partial charge on any atom is 0.308 e. The number of nitrogens with zero attached hydrogens (tertiary/aromatic N) is 1. The zero-order chi connectivity index (χ0) is 17.0. The average molecular weight is 403 g/mol. The topological polar surface area (TPSA) is 94.6 Å². The van der Waals surface area contributed by atoms with Gasteiger partial charge in [0.15, 0.2) is 0 Å². The van der Waals surface area contributed by atoms with Crippen LogP contribution in [0.3, 0.4) is 0 Å². The first-order valence-electron chi connectivity index (χ1n) is 6.80. The minimum Gasteiger partial charge on any atom is -0.454 e. The number of halogens is 1. The average Bonchev–Trinajstić information content (AvgIpc) is 3.09. The summed E-state index contributed by atoms with van der Waals surface area (Å²) in [6.07, 6.45) is 2.41. The molecule has 1 amide bonds. The quantitative estimate of drug-likeness (QED) is 0.577. The van der Waals surface area contributed by atoms with Crippen LogP contribution in [0.15, 0.2) is 23.2 Å². The second-order valence-corrected chi connectivity index (χ2v) is 6.58. The van der Waals surface area contributed by atoms with E-state index in [4.69, 9.17) is 9.47 Å². The minimum absolute atomic E-state index is 0.150. The van der Waals surface area contributed by atoms with Gasteiger partial charge in [0.1, 0.15) is 5.01 Å². The van der Waals surface area contributed by atoms with Gasteiger partial charge in [0.05, 0.1) is 0 Å². The molecule has 0 fully saturated rings. The lowest BCUT2D eigenvalue weighted by Gasteiger charge is -2.20. The second kappa shape index (κ2) is 7.22. The van der Waals surface area contributed by atoms with Gasteiger partial charge in [0, 0.05) is 30.3 Å². The fraction of sp³-hybridized carbons (Fsp3) is 0.429. The van der Waals surface area contributed by atoms with Crippen LogP contribution in [0, 0.1) is 0 Å². The number of alkyl halides is 1. The summed E-state index contributed by atoms with van der Waals surface area (Å²) in [5.74, 6) is -2.02. The molecule has 1 N–H and O–H groups in total. The molecule has 1 aliphatic rings. The number of rotatable bonds is 6. The second-order valence-electron chi connectivity index (χ2n) is 4.89. The fourth-order valence-corrected chi connectivity index (χ4v) is 2.96. The first-order valence-corrected chi connectivity index (χ1v) is 8.81. The number of carbonyl (C=O) groups excluding carboxylic acids is 3. The molecule has 0 aliphatic carbocycles. The van der Waals surface area contributed by atoms with E-state index >= 15 is 0 Å². The number of Topliss-reactive ketones (excluding diaryl/α,β-unsaturated/α-hetero) is 1. The van der Waals surface area contributed by atoms with Crippen molar-refractivity contribution in [2.45, 2.75) is 32.3 Å². The molecule has 0 aromatic carbocycles. The molecule has 0 radical (unpaired) electrons. The summed E-state index contributed by atoms with van der Waals surface area (Å²) in [7, 11) is 0. The number of hydrogen-bond donors (Lipinski definition) is 1. The van der Waals surface area contributed by atoms with Gasteiger partial charge in [-0.25, -0.2) is 4.98 Å². The van der Waals surface area contributed by atoms with Gasteiger partial charge < -0.3 is 9.47 Å². The number of ketones is 1. The number of thiazole rings is 1. The molecule has 1 aromatic rings. The van der Waals surface area contributed by atoms with Gasteiger partial charge in [-0.05, 0) is 13.3 Å². The largest absolute Gasteiger partial charge is 0.454 e. The molecule has 0 spiro atoms. The van der Waals surface area contributed by atoms with E-state index in [0.717, 1.165) is 0 Å². The lowest BCUT2D eigenvalue weighted by Crippen LogP contribution is -2.32. The van der Waals surface area contributed by atoms with E-state index < -0.39 is 17.4 Å². The van der Waals surface area contributed by atoms with Gasteiger partial charge in [-0.1, -0.05) is 15.9 Å². The molecule has 7 nitrogen and oxygen atoms in total. The molecular weight excluding hydrogens is 388 g/mol. The summed E-state index contributed by atoms with van der Waals surface area (Å²) in [4.78, 5) is 39.8. The summed E-state index contributed by atoms with van der Waals surface area (Å²) < 4.78 is 10.6. The number of carbonyl (C=O) groups is 3. The number of aromatic nitrogens is 1. The maximum absolute atomic E-state index is 12.6. The van der Waals surface area contributed by atoms with Crippen molar-refractivity contribution >= 4 is 44.9 Å². The molecule has 9 heteroatoms. The number of hydrogen-bond acceptors (Lipinski definition) is 7. The summed E-state index contributed by atoms with van der Waals surface area (Å²) in [5.41, 5.74) is -1.42. The van der Waals surface area contributed by atoms with Crippen LogP contribution in [0.1, 0.15) is 31.7 Å². The van der Waals surface area contributed by atoms with Crippen LogP contribution in [0.2, 0.25) is 0 Å². The highest BCUT2D eigenvalue weighted by atomic mass is 79.9. The van der Waals surface area contributed by atoms with E-state index in [0.29, 0.717) is 16.8 Å². The van der Waals surface area contributed by atoms with Gasteiger partial charge in [0.25, 0.3) is 5.78 Å². The van der Waals surface area contributed by atoms with Crippen molar-refractivity contribution in [1.29, 1.82) is 0 Å². The Bertz CT molecular complexity index is 658. The smallest absolute Gasteiger partial charge is 0.308 e. The highest BCUT2D eigenvalue weighted by molar-refractivity contribution is 9.09. The molecule has 1 aromatic heterocycles. The zero-order valence-corrected chi connectivity index (χ0v) is 15.0. The molecule has 1 aliphatic heterocycles. The van der Waals surface area contributed by atoms with E-state index in [1.807, 2.05) is 0 Å². The number of ether oxygens (including phenoxy) is 2. The fourth-order valence-electron chi connectivity index (χ4n) is 1.95. The van der Waals surface area contributed by atoms with Crippen molar-refractivity contribution in [2.75, 3.05) is 5.33 Å². The molecular formula is C14H15BrN2O5S. The Morgan fingerprint density at radius 1 is 1.52 bits per heavy atom. The molecule has 124 valence electrons. The predicted molar refractivity (Wildman–Crippen MR) is 85.5 cm³/mol. The summed E-state index contributed by atoms with van der Waals surface area (Å²) in [5, 5.41) is 5.28. The molecule has 0 bridgehead atoms. The van der Waals surface area contributed by atoms with E-state index in [2.05, 4.69) is 26.2 Å². The van der Waals surface area contributed by atoms with E-state index in [1.165, 1.54) is 25.2 Å². The predicted octanol–water partition coefficient (Wildman–Crippen LogP) is 1.98. The van der Waals surface area contributed by atoms with Crippen molar-refractivity contribution in [1.82, 2.24) is 10.3 Å². The van der Waals surface area contributed by atoms with Gasteiger partial charge >= 0.3 is 5.97 Å². The van der Waals surface area contributed by atoms with Crippen molar-refractivity contribution in [3.8, 4) is 0 Å². The Morgan fingerprint density at radius 3 is 2.83 bits per heavy atom.